The van der Waals surface area contributed by atoms with Crippen molar-refractivity contribution in [3.63, 3.8) is 0 Å². The number of amides is 1. The lowest BCUT2D eigenvalue weighted by Crippen LogP contribution is -2.30. The summed E-state index contributed by atoms with van der Waals surface area (Å²) in [5.41, 5.74) is 7.93. The first-order chi connectivity index (χ1) is 7.09. The number of pyridine rings is 1. The minimum absolute atomic E-state index is 0.0226. The fourth-order valence-electron chi connectivity index (χ4n) is 2.02. The molecule has 1 fully saturated rings. The van der Waals surface area contributed by atoms with Gasteiger partial charge in [-0.3, -0.25) is 9.78 Å². The van der Waals surface area contributed by atoms with E-state index in [1.807, 2.05) is 19.1 Å². The minimum atomic E-state index is -0.119. The summed E-state index contributed by atoms with van der Waals surface area (Å²) in [6.45, 7) is 1.94. The summed E-state index contributed by atoms with van der Waals surface area (Å²) in [5, 5.41) is 0. The van der Waals surface area contributed by atoms with Crippen molar-refractivity contribution in [1.29, 1.82) is 0 Å². The standard InChI is InChI=1S/C11H15N3O/c1-7-3-4-8(6-13-7)11-9(12)5-10(15)14(11)2/h3-4,6,9,11H,5,12H2,1-2H3/t9-,11+/m0/s1. The maximum Gasteiger partial charge on any atom is 0.224 e. The number of aromatic nitrogens is 1. The van der Waals surface area contributed by atoms with Gasteiger partial charge in [-0.15, -0.1) is 0 Å². The molecule has 2 atom stereocenters. The van der Waals surface area contributed by atoms with E-state index in [9.17, 15) is 4.79 Å². The van der Waals surface area contributed by atoms with Gasteiger partial charge in [-0.05, 0) is 18.6 Å². The first kappa shape index (κ1) is 10.1. The van der Waals surface area contributed by atoms with Gasteiger partial charge < -0.3 is 10.6 Å². The number of carbonyl (C=O) groups is 1. The van der Waals surface area contributed by atoms with E-state index in [-0.39, 0.29) is 18.0 Å². The topological polar surface area (TPSA) is 59.2 Å². The zero-order chi connectivity index (χ0) is 11.0. The molecule has 1 aromatic rings. The number of aryl methyl sites for hydroxylation is 1. The number of likely N-dealkylation sites (N-methyl/N-ethyl adjacent to an activating group) is 1. The van der Waals surface area contributed by atoms with E-state index in [4.69, 9.17) is 5.73 Å². The maximum atomic E-state index is 11.5. The summed E-state index contributed by atoms with van der Waals surface area (Å²) in [5.74, 6) is 0.105. The molecule has 0 bridgehead atoms. The van der Waals surface area contributed by atoms with E-state index in [1.165, 1.54) is 0 Å². The Hall–Kier alpha value is -1.42. The minimum Gasteiger partial charge on any atom is -0.337 e. The van der Waals surface area contributed by atoms with E-state index in [0.717, 1.165) is 11.3 Å². The van der Waals surface area contributed by atoms with Crippen molar-refractivity contribution >= 4 is 5.91 Å². The molecule has 15 heavy (non-hydrogen) atoms. The van der Waals surface area contributed by atoms with Crippen molar-refractivity contribution in [1.82, 2.24) is 9.88 Å². The first-order valence-electron chi connectivity index (χ1n) is 5.03. The zero-order valence-corrected chi connectivity index (χ0v) is 8.97. The zero-order valence-electron chi connectivity index (χ0n) is 8.97. The molecule has 1 aromatic heterocycles. The summed E-state index contributed by atoms with van der Waals surface area (Å²) in [7, 11) is 1.79. The van der Waals surface area contributed by atoms with Crippen LogP contribution in [0.3, 0.4) is 0 Å². The second kappa shape index (κ2) is 3.62. The first-order valence-corrected chi connectivity index (χ1v) is 5.03. The Morgan fingerprint density at radius 3 is 2.73 bits per heavy atom. The maximum absolute atomic E-state index is 11.5. The van der Waals surface area contributed by atoms with Gasteiger partial charge in [0.1, 0.15) is 0 Å². The Balaban J connectivity index is 2.30. The molecular weight excluding hydrogens is 190 g/mol. The van der Waals surface area contributed by atoms with Crippen molar-refractivity contribution in [2.75, 3.05) is 7.05 Å². The number of nitrogens with two attached hydrogens (primary N) is 1. The van der Waals surface area contributed by atoms with Gasteiger partial charge in [-0.1, -0.05) is 6.07 Å². The number of nitrogens with zero attached hydrogens (tertiary/aromatic N) is 2. The van der Waals surface area contributed by atoms with Crippen LogP contribution in [0, 0.1) is 6.92 Å². The Morgan fingerprint density at radius 2 is 2.27 bits per heavy atom. The van der Waals surface area contributed by atoms with Gasteiger partial charge in [-0.25, -0.2) is 0 Å². The van der Waals surface area contributed by atoms with Gasteiger partial charge in [0.25, 0.3) is 0 Å². The average Bonchev–Trinajstić information content (AvgIpc) is 2.44. The van der Waals surface area contributed by atoms with E-state index >= 15 is 0 Å². The van der Waals surface area contributed by atoms with Gasteiger partial charge in [0, 0.05) is 31.4 Å². The Labute approximate surface area is 89.1 Å². The van der Waals surface area contributed by atoms with Crippen LogP contribution >= 0.6 is 0 Å². The van der Waals surface area contributed by atoms with Crippen LogP contribution in [0.15, 0.2) is 18.3 Å². The number of hydrogen-bond acceptors (Lipinski definition) is 3. The summed E-state index contributed by atoms with van der Waals surface area (Å²) < 4.78 is 0. The monoisotopic (exact) mass is 205 g/mol. The molecule has 80 valence electrons. The van der Waals surface area contributed by atoms with E-state index in [0.29, 0.717) is 6.42 Å². The van der Waals surface area contributed by atoms with Crippen molar-refractivity contribution in [3.8, 4) is 0 Å². The second-order valence-electron chi connectivity index (χ2n) is 4.05. The SMILES string of the molecule is Cc1ccc([C@@H]2[C@@H](N)CC(=O)N2C)cn1. The molecule has 2 rings (SSSR count). The van der Waals surface area contributed by atoms with Crippen LogP contribution in [0.25, 0.3) is 0 Å². The Morgan fingerprint density at radius 1 is 1.53 bits per heavy atom. The van der Waals surface area contributed by atoms with Gasteiger partial charge in [0.15, 0.2) is 0 Å². The highest BCUT2D eigenvalue weighted by molar-refractivity contribution is 5.80. The Kier molecular flexibility index (Phi) is 2.44. The van der Waals surface area contributed by atoms with E-state index in [2.05, 4.69) is 4.98 Å². The van der Waals surface area contributed by atoms with Gasteiger partial charge in [-0.2, -0.15) is 0 Å². The van der Waals surface area contributed by atoms with Crippen LogP contribution in [0.4, 0.5) is 0 Å². The van der Waals surface area contributed by atoms with Crippen LogP contribution < -0.4 is 5.73 Å². The highest BCUT2D eigenvalue weighted by Gasteiger charge is 2.36. The third-order valence-electron chi connectivity index (χ3n) is 2.90. The third kappa shape index (κ3) is 1.72. The predicted octanol–water partition coefficient (Wildman–Crippen LogP) is 0.621. The highest BCUT2D eigenvalue weighted by atomic mass is 16.2. The molecule has 1 saturated heterocycles. The average molecular weight is 205 g/mol. The van der Waals surface area contributed by atoms with Crippen LogP contribution in [0.2, 0.25) is 0 Å². The number of rotatable bonds is 1. The molecule has 0 aromatic carbocycles. The molecule has 0 aliphatic carbocycles. The lowest BCUT2D eigenvalue weighted by Gasteiger charge is -2.22. The molecule has 4 nitrogen and oxygen atoms in total. The quantitative estimate of drug-likeness (QED) is 0.731. The molecule has 1 aliphatic rings. The lowest BCUT2D eigenvalue weighted by molar-refractivity contribution is -0.127. The predicted molar refractivity (Wildman–Crippen MR) is 57.1 cm³/mol. The molecule has 2 N–H and O–H groups in total. The molecular formula is C11H15N3O. The fourth-order valence-corrected chi connectivity index (χ4v) is 2.02. The van der Waals surface area contributed by atoms with E-state index < -0.39 is 0 Å². The van der Waals surface area contributed by atoms with Crippen LogP contribution in [-0.2, 0) is 4.79 Å². The molecule has 0 spiro atoms. The second-order valence-corrected chi connectivity index (χ2v) is 4.05. The molecule has 2 heterocycles. The number of hydrogen-bond donors (Lipinski definition) is 1. The lowest BCUT2D eigenvalue weighted by atomic mass is 10.0. The summed E-state index contributed by atoms with van der Waals surface area (Å²) >= 11 is 0. The van der Waals surface area contributed by atoms with Crippen molar-refractivity contribution in [2.45, 2.75) is 25.4 Å². The van der Waals surface area contributed by atoms with Crippen molar-refractivity contribution in [2.24, 2.45) is 5.73 Å². The van der Waals surface area contributed by atoms with Crippen LogP contribution in [-0.4, -0.2) is 28.9 Å². The summed E-state index contributed by atoms with van der Waals surface area (Å²) in [4.78, 5) is 17.4. The van der Waals surface area contributed by atoms with Gasteiger partial charge in [0.05, 0.1) is 6.04 Å². The molecule has 0 unspecified atom stereocenters. The highest BCUT2D eigenvalue weighted by Crippen LogP contribution is 2.29. The molecule has 0 radical (unpaired) electrons. The molecule has 4 heteroatoms. The number of likely N-dealkylation sites (tertiary alicyclic amines) is 1. The number of carbonyl (C=O) groups excluding carboxylic acids is 1. The van der Waals surface area contributed by atoms with E-state index in [1.54, 1.807) is 18.1 Å². The molecule has 1 amide bonds. The van der Waals surface area contributed by atoms with Gasteiger partial charge >= 0.3 is 0 Å². The van der Waals surface area contributed by atoms with Gasteiger partial charge in [0.2, 0.25) is 5.91 Å². The smallest absolute Gasteiger partial charge is 0.224 e. The molecule has 1 aliphatic heterocycles. The fraction of sp³-hybridized carbons (Fsp3) is 0.455. The third-order valence-corrected chi connectivity index (χ3v) is 2.90. The van der Waals surface area contributed by atoms with Crippen molar-refractivity contribution < 1.29 is 4.79 Å². The van der Waals surface area contributed by atoms with Crippen molar-refractivity contribution in [3.05, 3.63) is 29.6 Å². The summed E-state index contributed by atoms with van der Waals surface area (Å²) in [6.07, 6.45) is 2.23. The normalized spacial score (nSPS) is 26.1. The van der Waals surface area contributed by atoms with Crippen LogP contribution in [0.5, 0.6) is 0 Å². The Bertz CT molecular complexity index is 374. The molecule has 0 saturated carbocycles. The van der Waals surface area contributed by atoms with Crippen LogP contribution in [0.1, 0.15) is 23.7 Å². The summed E-state index contributed by atoms with van der Waals surface area (Å²) in [6, 6.07) is 3.79. The largest absolute Gasteiger partial charge is 0.337 e.